The molecule has 1 aliphatic carbocycles. The lowest BCUT2D eigenvalue weighted by Gasteiger charge is -2.18. The van der Waals surface area contributed by atoms with Crippen LogP contribution < -0.4 is 5.32 Å². The highest BCUT2D eigenvalue weighted by molar-refractivity contribution is 5.90. The number of hydrogen-bond acceptors (Lipinski definition) is 3. The van der Waals surface area contributed by atoms with E-state index in [4.69, 9.17) is 4.74 Å². The van der Waals surface area contributed by atoms with Gasteiger partial charge in [-0.15, -0.1) is 0 Å². The predicted molar refractivity (Wildman–Crippen MR) is 72.8 cm³/mol. The monoisotopic (exact) mass is 247 g/mol. The number of anilines is 1. The van der Waals surface area contributed by atoms with Crippen LogP contribution in [0.3, 0.4) is 0 Å². The van der Waals surface area contributed by atoms with E-state index in [1.807, 2.05) is 18.2 Å². The van der Waals surface area contributed by atoms with Gasteiger partial charge in [-0.25, -0.2) is 4.79 Å². The smallest absolute Gasteiger partial charge is 0.337 e. The molecule has 1 atom stereocenters. The van der Waals surface area contributed by atoms with Gasteiger partial charge in [-0.2, -0.15) is 0 Å². The Labute approximate surface area is 109 Å². The van der Waals surface area contributed by atoms with E-state index < -0.39 is 0 Å². The molecule has 1 aromatic carbocycles. The summed E-state index contributed by atoms with van der Waals surface area (Å²) in [5.74, 6) is -0.287. The summed E-state index contributed by atoms with van der Waals surface area (Å²) >= 11 is 0. The van der Waals surface area contributed by atoms with Gasteiger partial charge in [0.2, 0.25) is 0 Å². The molecule has 98 valence electrons. The van der Waals surface area contributed by atoms with Crippen LogP contribution in [0.4, 0.5) is 5.69 Å². The molecule has 0 aliphatic heterocycles. The molecule has 2 rings (SSSR count). The standard InChI is InChI=1S/C15H21NO2/c1-15(2)8-7-13(10-15)16-12-6-4-5-11(9-12)14(17)18-3/h4-6,9,13,16H,7-8,10H2,1-3H3. The highest BCUT2D eigenvalue weighted by Gasteiger charge is 2.30. The summed E-state index contributed by atoms with van der Waals surface area (Å²) in [6.45, 7) is 4.61. The highest BCUT2D eigenvalue weighted by Crippen LogP contribution is 2.38. The van der Waals surface area contributed by atoms with E-state index in [0.29, 0.717) is 17.0 Å². The van der Waals surface area contributed by atoms with Gasteiger partial charge < -0.3 is 10.1 Å². The second-order valence-corrected chi connectivity index (χ2v) is 5.82. The first kappa shape index (κ1) is 12.9. The number of carbonyl (C=O) groups excluding carboxylic acids is 1. The fourth-order valence-electron chi connectivity index (χ4n) is 2.65. The van der Waals surface area contributed by atoms with Crippen LogP contribution >= 0.6 is 0 Å². The quantitative estimate of drug-likeness (QED) is 0.831. The first-order valence-corrected chi connectivity index (χ1v) is 6.45. The van der Waals surface area contributed by atoms with Crippen LogP contribution in [-0.2, 0) is 4.74 Å². The summed E-state index contributed by atoms with van der Waals surface area (Å²) in [5, 5.41) is 3.51. The summed E-state index contributed by atoms with van der Waals surface area (Å²) in [4.78, 5) is 11.5. The lowest BCUT2D eigenvalue weighted by Crippen LogP contribution is -2.17. The van der Waals surface area contributed by atoms with Gasteiger partial charge in [-0.1, -0.05) is 19.9 Å². The van der Waals surface area contributed by atoms with Crippen LogP contribution in [-0.4, -0.2) is 19.1 Å². The summed E-state index contributed by atoms with van der Waals surface area (Å²) in [6, 6.07) is 8.02. The number of benzene rings is 1. The van der Waals surface area contributed by atoms with Crippen LogP contribution in [0, 0.1) is 5.41 Å². The van der Waals surface area contributed by atoms with E-state index in [2.05, 4.69) is 19.2 Å². The Hall–Kier alpha value is -1.51. The van der Waals surface area contributed by atoms with Crippen molar-refractivity contribution in [1.82, 2.24) is 0 Å². The van der Waals surface area contributed by atoms with E-state index >= 15 is 0 Å². The third kappa shape index (κ3) is 3.03. The molecule has 1 N–H and O–H groups in total. The average Bonchev–Trinajstić information content (AvgIpc) is 2.68. The molecule has 1 aromatic rings. The minimum absolute atomic E-state index is 0.287. The second kappa shape index (κ2) is 5.01. The largest absolute Gasteiger partial charge is 0.465 e. The highest BCUT2D eigenvalue weighted by atomic mass is 16.5. The third-order valence-electron chi connectivity index (χ3n) is 3.62. The van der Waals surface area contributed by atoms with Crippen molar-refractivity contribution in [3.05, 3.63) is 29.8 Å². The van der Waals surface area contributed by atoms with Gasteiger partial charge >= 0.3 is 5.97 Å². The number of nitrogens with one attached hydrogen (secondary N) is 1. The van der Waals surface area contributed by atoms with Gasteiger partial charge in [0.05, 0.1) is 12.7 Å². The van der Waals surface area contributed by atoms with Crippen molar-refractivity contribution in [3.8, 4) is 0 Å². The van der Waals surface area contributed by atoms with Crippen molar-refractivity contribution >= 4 is 11.7 Å². The maximum absolute atomic E-state index is 11.5. The molecular formula is C15H21NO2. The van der Waals surface area contributed by atoms with E-state index in [-0.39, 0.29) is 5.97 Å². The zero-order valence-corrected chi connectivity index (χ0v) is 11.3. The summed E-state index contributed by atoms with van der Waals surface area (Å²) in [7, 11) is 1.40. The predicted octanol–water partition coefficient (Wildman–Crippen LogP) is 3.46. The maximum Gasteiger partial charge on any atom is 0.337 e. The van der Waals surface area contributed by atoms with Crippen molar-refractivity contribution in [2.24, 2.45) is 5.41 Å². The zero-order chi connectivity index (χ0) is 13.2. The fraction of sp³-hybridized carbons (Fsp3) is 0.533. The molecule has 18 heavy (non-hydrogen) atoms. The lowest BCUT2D eigenvalue weighted by atomic mass is 9.92. The van der Waals surface area contributed by atoms with Crippen LogP contribution in [0.1, 0.15) is 43.5 Å². The minimum atomic E-state index is -0.287. The Kier molecular flexibility index (Phi) is 3.60. The van der Waals surface area contributed by atoms with Gasteiger partial charge in [0.1, 0.15) is 0 Å². The summed E-state index contributed by atoms with van der Waals surface area (Å²) < 4.78 is 4.73. The fourth-order valence-corrected chi connectivity index (χ4v) is 2.65. The summed E-state index contributed by atoms with van der Waals surface area (Å²) in [5.41, 5.74) is 2.03. The Morgan fingerprint density at radius 3 is 2.83 bits per heavy atom. The average molecular weight is 247 g/mol. The van der Waals surface area contributed by atoms with E-state index in [9.17, 15) is 4.79 Å². The number of hydrogen-bond donors (Lipinski definition) is 1. The first-order chi connectivity index (χ1) is 8.50. The van der Waals surface area contributed by atoms with Crippen molar-refractivity contribution < 1.29 is 9.53 Å². The molecule has 0 saturated heterocycles. The SMILES string of the molecule is COC(=O)c1cccc(NC2CCC(C)(C)C2)c1. The molecule has 0 aromatic heterocycles. The second-order valence-electron chi connectivity index (χ2n) is 5.82. The molecule has 3 heteroatoms. The molecule has 3 nitrogen and oxygen atoms in total. The number of ether oxygens (including phenoxy) is 1. The lowest BCUT2D eigenvalue weighted by molar-refractivity contribution is 0.0601. The molecule has 0 bridgehead atoms. The number of methoxy groups -OCH3 is 1. The van der Waals surface area contributed by atoms with Gasteiger partial charge in [0.25, 0.3) is 0 Å². The van der Waals surface area contributed by atoms with E-state index in [1.54, 1.807) is 6.07 Å². The minimum Gasteiger partial charge on any atom is -0.465 e. The van der Waals surface area contributed by atoms with Crippen LogP contribution in [0.5, 0.6) is 0 Å². The molecule has 1 aliphatic rings. The van der Waals surface area contributed by atoms with E-state index in [0.717, 1.165) is 5.69 Å². The van der Waals surface area contributed by atoms with Gasteiger partial charge in [0, 0.05) is 11.7 Å². The van der Waals surface area contributed by atoms with Gasteiger partial charge in [0.15, 0.2) is 0 Å². The van der Waals surface area contributed by atoms with Crippen LogP contribution in [0.2, 0.25) is 0 Å². The zero-order valence-electron chi connectivity index (χ0n) is 11.3. The van der Waals surface area contributed by atoms with Gasteiger partial charge in [-0.3, -0.25) is 0 Å². The molecule has 0 spiro atoms. The number of esters is 1. The molecule has 1 unspecified atom stereocenters. The third-order valence-corrected chi connectivity index (χ3v) is 3.62. The van der Waals surface area contributed by atoms with Crippen molar-refractivity contribution in [2.45, 2.75) is 39.2 Å². The van der Waals surface area contributed by atoms with Crippen LogP contribution in [0.25, 0.3) is 0 Å². The Bertz CT molecular complexity index is 440. The summed E-state index contributed by atoms with van der Waals surface area (Å²) in [6.07, 6.45) is 3.62. The normalized spacial score (nSPS) is 21.6. The topological polar surface area (TPSA) is 38.3 Å². The molecule has 0 amide bonds. The maximum atomic E-state index is 11.5. The van der Waals surface area contributed by atoms with Crippen molar-refractivity contribution in [2.75, 3.05) is 12.4 Å². The molecule has 0 heterocycles. The van der Waals surface area contributed by atoms with Gasteiger partial charge in [-0.05, 0) is 42.9 Å². The number of rotatable bonds is 3. The van der Waals surface area contributed by atoms with Crippen molar-refractivity contribution in [3.63, 3.8) is 0 Å². The number of carbonyl (C=O) groups is 1. The Morgan fingerprint density at radius 2 is 2.22 bits per heavy atom. The molecule has 1 saturated carbocycles. The van der Waals surface area contributed by atoms with E-state index in [1.165, 1.54) is 26.4 Å². The first-order valence-electron chi connectivity index (χ1n) is 6.45. The Morgan fingerprint density at radius 1 is 1.44 bits per heavy atom. The molecule has 0 radical (unpaired) electrons. The van der Waals surface area contributed by atoms with Crippen molar-refractivity contribution in [1.29, 1.82) is 0 Å². The molecular weight excluding hydrogens is 226 g/mol. The Balaban J connectivity index is 2.04. The molecule has 1 fully saturated rings. The van der Waals surface area contributed by atoms with Crippen LogP contribution in [0.15, 0.2) is 24.3 Å².